The maximum absolute atomic E-state index is 12.8. The molecule has 1 atom stereocenters. The zero-order chi connectivity index (χ0) is 14.2. The number of carbonyl (C=O) groups is 1. The lowest BCUT2D eigenvalue weighted by atomic mass is 10.1. The first-order valence-corrected chi connectivity index (χ1v) is 7.64. The third-order valence-corrected chi connectivity index (χ3v) is 4.31. The number of fused-ring (bicyclic) bond motifs is 1. The lowest BCUT2D eigenvalue weighted by Crippen LogP contribution is -2.37. The number of hydrogen-bond donors (Lipinski definition) is 0. The fourth-order valence-corrected chi connectivity index (χ4v) is 2.97. The summed E-state index contributed by atoms with van der Waals surface area (Å²) in [6.07, 6.45) is 7.05. The van der Waals surface area contributed by atoms with Gasteiger partial charge in [0.2, 0.25) is 0 Å². The molecule has 5 heteroatoms. The third-order valence-electron chi connectivity index (χ3n) is 4.31. The van der Waals surface area contributed by atoms with E-state index in [2.05, 4.69) is 4.98 Å². The van der Waals surface area contributed by atoms with Crippen molar-refractivity contribution in [2.45, 2.75) is 25.3 Å². The molecule has 1 saturated heterocycles. The van der Waals surface area contributed by atoms with E-state index >= 15 is 0 Å². The van der Waals surface area contributed by atoms with Gasteiger partial charge in [0.25, 0.3) is 5.91 Å². The monoisotopic (exact) mass is 285 g/mol. The number of hydrogen-bond acceptors (Lipinski definition) is 3. The molecule has 3 heterocycles. The van der Waals surface area contributed by atoms with Gasteiger partial charge in [0, 0.05) is 37.5 Å². The second kappa shape index (κ2) is 5.15. The molecule has 2 aromatic heterocycles. The number of rotatable bonds is 4. The zero-order valence-corrected chi connectivity index (χ0v) is 11.9. The number of ether oxygens (including phenoxy) is 1. The molecule has 1 aliphatic carbocycles. The van der Waals surface area contributed by atoms with Gasteiger partial charge in [0.05, 0.1) is 6.61 Å². The van der Waals surface area contributed by atoms with Crippen molar-refractivity contribution in [3.63, 3.8) is 0 Å². The van der Waals surface area contributed by atoms with E-state index in [0.717, 1.165) is 44.7 Å². The molecule has 0 aromatic carbocycles. The second-order valence-corrected chi connectivity index (χ2v) is 6.01. The fraction of sp³-hybridized carbons (Fsp3) is 0.500. The molecule has 2 aliphatic rings. The van der Waals surface area contributed by atoms with Crippen LogP contribution in [0.25, 0.3) is 5.65 Å². The second-order valence-electron chi connectivity index (χ2n) is 6.01. The summed E-state index contributed by atoms with van der Waals surface area (Å²) in [6, 6.07) is 6.20. The van der Waals surface area contributed by atoms with Crippen molar-refractivity contribution in [3.05, 3.63) is 36.3 Å². The average Bonchev–Trinajstić information content (AvgIpc) is 3.04. The van der Waals surface area contributed by atoms with Crippen molar-refractivity contribution in [1.82, 2.24) is 14.3 Å². The molecule has 21 heavy (non-hydrogen) atoms. The molecule has 1 saturated carbocycles. The van der Waals surface area contributed by atoms with Crippen molar-refractivity contribution >= 4 is 11.6 Å². The Labute approximate surface area is 123 Å². The van der Waals surface area contributed by atoms with Crippen LogP contribution < -0.4 is 0 Å². The van der Waals surface area contributed by atoms with E-state index in [0.29, 0.717) is 17.7 Å². The van der Waals surface area contributed by atoms with Crippen LogP contribution in [0.5, 0.6) is 0 Å². The van der Waals surface area contributed by atoms with Gasteiger partial charge in [-0.15, -0.1) is 0 Å². The number of carbonyl (C=O) groups excluding carboxylic acids is 1. The molecule has 1 amide bonds. The van der Waals surface area contributed by atoms with E-state index in [9.17, 15) is 4.79 Å². The number of amides is 1. The van der Waals surface area contributed by atoms with E-state index in [-0.39, 0.29) is 5.91 Å². The van der Waals surface area contributed by atoms with Crippen LogP contribution in [0.4, 0.5) is 0 Å². The summed E-state index contributed by atoms with van der Waals surface area (Å²) in [5.74, 6) is 0.541. The number of nitrogens with zero attached hydrogens (tertiary/aromatic N) is 3. The molecule has 0 radical (unpaired) electrons. The van der Waals surface area contributed by atoms with Gasteiger partial charge < -0.3 is 14.0 Å². The van der Waals surface area contributed by atoms with Crippen molar-refractivity contribution in [3.8, 4) is 0 Å². The predicted octanol–water partition coefficient (Wildman–Crippen LogP) is 1.98. The number of aromatic nitrogens is 2. The summed E-state index contributed by atoms with van der Waals surface area (Å²) >= 11 is 0. The maximum Gasteiger partial charge on any atom is 0.274 e. The summed E-state index contributed by atoms with van der Waals surface area (Å²) < 4.78 is 7.33. The highest BCUT2D eigenvalue weighted by atomic mass is 16.5. The van der Waals surface area contributed by atoms with Gasteiger partial charge >= 0.3 is 0 Å². The Bertz CT molecular complexity index is 623. The fourth-order valence-electron chi connectivity index (χ4n) is 2.97. The van der Waals surface area contributed by atoms with Crippen LogP contribution in [0.2, 0.25) is 0 Å². The highest BCUT2D eigenvalue weighted by Crippen LogP contribution is 2.30. The van der Waals surface area contributed by atoms with Crippen LogP contribution in [-0.4, -0.2) is 46.0 Å². The molecule has 0 spiro atoms. The van der Waals surface area contributed by atoms with Crippen LogP contribution >= 0.6 is 0 Å². The van der Waals surface area contributed by atoms with E-state index in [1.165, 1.54) is 0 Å². The average molecular weight is 285 g/mol. The molecule has 0 bridgehead atoms. The first-order valence-electron chi connectivity index (χ1n) is 7.64. The van der Waals surface area contributed by atoms with Gasteiger partial charge in [0.1, 0.15) is 11.3 Å². The lowest BCUT2D eigenvalue weighted by Gasteiger charge is -2.24. The molecule has 110 valence electrons. The summed E-state index contributed by atoms with van der Waals surface area (Å²) in [7, 11) is 0. The minimum absolute atomic E-state index is 0.0631. The lowest BCUT2D eigenvalue weighted by molar-refractivity contribution is 0.0701. The Morgan fingerprint density at radius 2 is 2.29 bits per heavy atom. The minimum atomic E-state index is 0.0631. The molecular weight excluding hydrogens is 266 g/mol. The molecule has 1 aliphatic heterocycles. The first kappa shape index (κ1) is 12.8. The van der Waals surface area contributed by atoms with Crippen LogP contribution in [0.1, 0.15) is 29.8 Å². The van der Waals surface area contributed by atoms with Gasteiger partial charge in [-0.3, -0.25) is 4.79 Å². The molecule has 2 fully saturated rings. The predicted molar refractivity (Wildman–Crippen MR) is 78.2 cm³/mol. The minimum Gasteiger partial charge on any atom is -0.381 e. The summed E-state index contributed by atoms with van der Waals surface area (Å²) in [4.78, 5) is 19.3. The van der Waals surface area contributed by atoms with E-state index in [1.54, 1.807) is 0 Å². The van der Waals surface area contributed by atoms with Crippen molar-refractivity contribution in [2.24, 2.45) is 5.92 Å². The van der Waals surface area contributed by atoms with E-state index in [4.69, 9.17) is 4.74 Å². The van der Waals surface area contributed by atoms with Crippen molar-refractivity contribution in [2.75, 3.05) is 19.8 Å². The first-order chi connectivity index (χ1) is 10.3. The van der Waals surface area contributed by atoms with Crippen molar-refractivity contribution < 1.29 is 9.53 Å². The Hall–Kier alpha value is -1.88. The third kappa shape index (κ3) is 2.53. The quantitative estimate of drug-likeness (QED) is 0.863. The Balaban J connectivity index is 1.57. The maximum atomic E-state index is 12.8. The van der Waals surface area contributed by atoms with E-state index < -0.39 is 0 Å². The van der Waals surface area contributed by atoms with Gasteiger partial charge in [0.15, 0.2) is 0 Å². The van der Waals surface area contributed by atoms with Crippen LogP contribution in [-0.2, 0) is 4.74 Å². The van der Waals surface area contributed by atoms with E-state index in [1.807, 2.05) is 39.9 Å². The molecule has 0 unspecified atom stereocenters. The Kier molecular flexibility index (Phi) is 3.15. The topological polar surface area (TPSA) is 46.8 Å². The summed E-state index contributed by atoms with van der Waals surface area (Å²) in [6.45, 7) is 2.41. The smallest absolute Gasteiger partial charge is 0.274 e. The SMILES string of the molecule is O=C(c1cn2ccccc2n1)N(C[C@@H]1CCOC1)C1CC1. The van der Waals surface area contributed by atoms with Crippen LogP contribution in [0, 0.1) is 5.92 Å². The highest BCUT2D eigenvalue weighted by molar-refractivity contribution is 5.93. The zero-order valence-electron chi connectivity index (χ0n) is 11.9. The summed E-state index contributed by atoms with van der Waals surface area (Å²) in [5.41, 5.74) is 1.37. The largest absolute Gasteiger partial charge is 0.381 e. The van der Waals surface area contributed by atoms with Gasteiger partial charge in [-0.1, -0.05) is 6.07 Å². The highest BCUT2D eigenvalue weighted by Gasteiger charge is 2.36. The van der Waals surface area contributed by atoms with Crippen molar-refractivity contribution in [1.29, 1.82) is 0 Å². The standard InChI is InChI=1S/C16H19N3O2/c20-16(14-10-18-7-2-1-3-15(18)17-14)19(13-4-5-13)9-12-6-8-21-11-12/h1-3,7,10,12-13H,4-6,8-9,11H2/t12-/m0/s1. The summed E-state index contributed by atoms with van der Waals surface area (Å²) in [5, 5.41) is 0. The molecule has 5 nitrogen and oxygen atoms in total. The van der Waals surface area contributed by atoms with Gasteiger partial charge in [-0.2, -0.15) is 0 Å². The molecule has 4 rings (SSSR count). The van der Waals surface area contributed by atoms with Crippen LogP contribution in [0.15, 0.2) is 30.6 Å². The van der Waals surface area contributed by atoms with Crippen LogP contribution in [0.3, 0.4) is 0 Å². The Morgan fingerprint density at radius 3 is 3.00 bits per heavy atom. The Morgan fingerprint density at radius 1 is 1.38 bits per heavy atom. The number of imidazole rings is 1. The molecule has 0 N–H and O–H groups in total. The van der Waals surface area contributed by atoms with Gasteiger partial charge in [-0.05, 0) is 31.4 Å². The van der Waals surface area contributed by atoms with Gasteiger partial charge in [-0.25, -0.2) is 4.98 Å². The molecular formula is C16H19N3O2. The molecule has 2 aromatic rings. The number of pyridine rings is 1. The normalized spacial score (nSPS) is 21.8.